The van der Waals surface area contributed by atoms with Gasteiger partial charge in [0.2, 0.25) is 15.9 Å². The van der Waals surface area contributed by atoms with Crippen LogP contribution >= 0.6 is 11.6 Å². The first-order valence-electron chi connectivity index (χ1n) is 7.55. The SMILES string of the molecule is Cc1cc(C)c(N(CCC(=O)Nc2cc(C)on2)S(C)(=O)=O)c(Cl)c1. The van der Waals surface area contributed by atoms with E-state index in [1.54, 1.807) is 26.0 Å². The molecule has 25 heavy (non-hydrogen) atoms. The van der Waals surface area contributed by atoms with Crippen molar-refractivity contribution in [1.29, 1.82) is 0 Å². The lowest BCUT2D eigenvalue weighted by Crippen LogP contribution is -2.33. The number of hydrogen-bond donors (Lipinski definition) is 1. The molecule has 1 amide bonds. The summed E-state index contributed by atoms with van der Waals surface area (Å²) in [5, 5.41) is 6.56. The van der Waals surface area contributed by atoms with E-state index in [4.69, 9.17) is 16.1 Å². The molecular formula is C16H20ClN3O4S. The molecule has 0 fully saturated rings. The van der Waals surface area contributed by atoms with Crippen LogP contribution in [0.3, 0.4) is 0 Å². The molecule has 0 bridgehead atoms. The second-order valence-corrected chi connectivity index (χ2v) is 8.18. The first-order chi connectivity index (χ1) is 11.6. The number of benzene rings is 1. The normalized spacial score (nSPS) is 11.4. The molecule has 0 aliphatic rings. The maximum atomic E-state index is 12.2. The number of aromatic nitrogens is 1. The number of amides is 1. The Balaban J connectivity index is 2.18. The van der Waals surface area contributed by atoms with Crippen LogP contribution in [0.25, 0.3) is 0 Å². The summed E-state index contributed by atoms with van der Waals surface area (Å²) < 4.78 is 30.4. The maximum absolute atomic E-state index is 12.2. The molecule has 2 aromatic rings. The number of anilines is 2. The molecular weight excluding hydrogens is 366 g/mol. The summed E-state index contributed by atoms with van der Waals surface area (Å²) in [6, 6.07) is 5.12. The molecule has 9 heteroatoms. The Morgan fingerprint density at radius 1 is 1.28 bits per heavy atom. The van der Waals surface area contributed by atoms with Crippen molar-refractivity contribution in [2.24, 2.45) is 0 Å². The van der Waals surface area contributed by atoms with Crippen molar-refractivity contribution in [1.82, 2.24) is 5.16 Å². The van der Waals surface area contributed by atoms with Crippen molar-refractivity contribution in [3.05, 3.63) is 40.1 Å². The number of nitrogens with one attached hydrogen (secondary N) is 1. The Kier molecular flexibility index (Phi) is 5.74. The van der Waals surface area contributed by atoms with Gasteiger partial charge in [0.1, 0.15) is 5.76 Å². The Morgan fingerprint density at radius 3 is 2.48 bits per heavy atom. The summed E-state index contributed by atoms with van der Waals surface area (Å²) in [4.78, 5) is 12.1. The van der Waals surface area contributed by atoms with Gasteiger partial charge in [-0.3, -0.25) is 9.10 Å². The number of hydrogen-bond acceptors (Lipinski definition) is 5. The summed E-state index contributed by atoms with van der Waals surface area (Å²) >= 11 is 6.25. The molecule has 2 rings (SSSR count). The molecule has 136 valence electrons. The fraction of sp³-hybridized carbons (Fsp3) is 0.375. The van der Waals surface area contributed by atoms with Gasteiger partial charge in [-0.15, -0.1) is 0 Å². The number of sulfonamides is 1. The van der Waals surface area contributed by atoms with Crippen LogP contribution < -0.4 is 9.62 Å². The third kappa shape index (κ3) is 4.96. The first-order valence-corrected chi connectivity index (χ1v) is 9.78. The first kappa shape index (κ1) is 19.3. The largest absolute Gasteiger partial charge is 0.360 e. The molecule has 0 unspecified atom stereocenters. The van der Waals surface area contributed by atoms with Crippen molar-refractivity contribution in [3.8, 4) is 0 Å². The van der Waals surface area contributed by atoms with E-state index in [1.165, 1.54) is 0 Å². The highest BCUT2D eigenvalue weighted by Gasteiger charge is 2.23. The standard InChI is InChI=1S/C16H20ClN3O4S/c1-10-7-11(2)16(13(17)8-10)20(25(4,22)23)6-5-15(21)18-14-9-12(3)24-19-14/h7-9H,5-6H2,1-4H3,(H,18,19,21). The highest BCUT2D eigenvalue weighted by atomic mass is 35.5. The Labute approximate surface area is 152 Å². The van der Waals surface area contributed by atoms with Crippen LogP contribution in [0.4, 0.5) is 11.5 Å². The minimum Gasteiger partial charge on any atom is -0.360 e. The van der Waals surface area contributed by atoms with Crippen molar-refractivity contribution < 1.29 is 17.7 Å². The second-order valence-electron chi connectivity index (χ2n) is 5.87. The lowest BCUT2D eigenvalue weighted by Gasteiger charge is -2.25. The zero-order valence-electron chi connectivity index (χ0n) is 14.5. The molecule has 1 N–H and O–H groups in total. The Hall–Kier alpha value is -2.06. The number of nitrogens with zero attached hydrogens (tertiary/aromatic N) is 2. The van der Waals surface area contributed by atoms with Crippen LogP contribution in [-0.4, -0.2) is 32.3 Å². The lowest BCUT2D eigenvalue weighted by molar-refractivity contribution is -0.116. The fourth-order valence-corrected chi connectivity index (χ4v) is 3.97. The third-order valence-corrected chi connectivity index (χ3v) is 4.94. The van der Waals surface area contributed by atoms with E-state index < -0.39 is 10.0 Å². The molecule has 1 heterocycles. The summed E-state index contributed by atoms with van der Waals surface area (Å²) in [5.41, 5.74) is 2.04. The average Bonchev–Trinajstić information content (AvgIpc) is 2.85. The van der Waals surface area contributed by atoms with Gasteiger partial charge in [-0.1, -0.05) is 22.8 Å². The van der Waals surface area contributed by atoms with Gasteiger partial charge in [-0.05, 0) is 38.0 Å². The van der Waals surface area contributed by atoms with Gasteiger partial charge in [-0.25, -0.2) is 8.42 Å². The van der Waals surface area contributed by atoms with Crippen molar-refractivity contribution in [3.63, 3.8) is 0 Å². The highest BCUT2D eigenvalue weighted by Crippen LogP contribution is 2.32. The Morgan fingerprint density at radius 2 is 1.96 bits per heavy atom. The van der Waals surface area contributed by atoms with Crippen molar-refractivity contribution in [2.75, 3.05) is 22.4 Å². The van der Waals surface area contributed by atoms with E-state index in [0.29, 0.717) is 16.5 Å². The third-order valence-electron chi connectivity index (χ3n) is 3.49. The van der Waals surface area contributed by atoms with E-state index in [-0.39, 0.29) is 24.7 Å². The van der Waals surface area contributed by atoms with Gasteiger partial charge in [0.05, 0.1) is 17.0 Å². The zero-order valence-corrected chi connectivity index (χ0v) is 16.0. The van der Waals surface area contributed by atoms with Crippen LogP contribution in [0.1, 0.15) is 23.3 Å². The van der Waals surface area contributed by atoms with E-state index in [2.05, 4.69) is 10.5 Å². The number of aryl methyl sites for hydroxylation is 3. The van der Waals surface area contributed by atoms with Crippen molar-refractivity contribution >= 4 is 39.0 Å². The molecule has 7 nitrogen and oxygen atoms in total. The molecule has 0 atom stereocenters. The monoisotopic (exact) mass is 385 g/mol. The average molecular weight is 386 g/mol. The molecule has 1 aromatic heterocycles. The van der Waals surface area contributed by atoms with Gasteiger partial charge < -0.3 is 9.84 Å². The summed E-state index contributed by atoms with van der Waals surface area (Å²) in [5.74, 6) is 0.482. The summed E-state index contributed by atoms with van der Waals surface area (Å²) in [7, 11) is -3.61. The Bertz CT molecular complexity index is 870. The van der Waals surface area contributed by atoms with Crippen LogP contribution in [0.2, 0.25) is 5.02 Å². The fourth-order valence-electron chi connectivity index (χ4n) is 2.50. The molecule has 0 saturated carbocycles. The van der Waals surface area contributed by atoms with Crippen LogP contribution in [0.15, 0.2) is 22.7 Å². The molecule has 0 spiro atoms. The van der Waals surface area contributed by atoms with Gasteiger partial charge >= 0.3 is 0 Å². The summed E-state index contributed by atoms with van der Waals surface area (Å²) in [6.45, 7) is 5.33. The van der Waals surface area contributed by atoms with Gasteiger partial charge in [0, 0.05) is 19.0 Å². The quantitative estimate of drug-likeness (QED) is 0.824. The summed E-state index contributed by atoms with van der Waals surface area (Å²) in [6.07, 6.45) is 1.03. The number of carbonyl (C=O) groups is 1. The van der Waals surface area contributed by atoms with Gasteiger partial charge in [0.15, 0.2) is 5.82 Å². The molecule has 0 aliphatic carbocycles. The number of rotatable bonds is 6. The van der Waals surface area contributed by atoms with Gasteiger partial charge in [-0.2, -0.15) is 0 Å². The van der Waals surface area contributed by atoms with Gasteiger partial charge in [0.25, 0.3) is 0 Å². The second kappa shape index (κ2) is 7.45. The lowest BCUT2D eigenvalue weighted by atomic mass is 10.1. The smallest absolute Gasteiger partial charge is 0.232 e. The zero-order chi connectivity index (χ0) is 18.8. The van der Waals surface area contributed by atoms with E-state index in [0.717, 1.165) is 21.7 Å². The van der Waals surface area contributed by atoms with E-state index in [9.17, 15) is 13.2 Å². The topological polar surface area (TPSA) is 92.5 Å². The molecule has 0 saturated heterocycles. The minimum absolute atomic E-state index is 0.0366. The predicted octanol–water partition coefficient (Wildman–Crippen LogP) is 3.05. The minimum atomic E-state index is -3.61. The predicted molar refractivity (Wildman–Crippen MR) is 97.6 cm³/mol. The number of carbonyl (C=O) groups excluding carboxylic acids is 1. The highest BCUT2D eigenvalue weighted by molar-refractivity contribution is 7.92. The number of halogens is 1. The van der Waals surface area contributed by atoms with Crippen molar-refractivity contribution in [2.45, 2.75) is 27.2 Å². The van der Waals surface area contributed by atoms with Crippen LogP contribution in [0, 0.1) is 20.8 Å². The van der Waals surface area contributed by atoms with E-state index >= 15 is 0 Å². The molecule has 1 aromatic carbocycles. The van der Waals surface area contributed by atoms with Crippen LogP contribution in [0.5, 0.6) is 0 Å². The molecule has 0 aliphatic heterocycles. The maximum Gasteiger partial charge on any atom is 0.232 e. The van der Waals surface area contributed by atoms with E-state index in [1.807, 2.05) is 13.0 Å². The van der Waals surface area contributed by atoms with Crippen LogP contribution in [-0.2, 0) is 14.8 Å². The molecule has 0 radical (unpaired) electrons.